The Kier molecular flexibility index (Phi) is 14.5. The van der Waals surface area contributed by atoms with Gasteiger partial charge in [0.05, 0.1) is 65.3 Å². The molecule has 1 saturated carbocycles. The highest BCUT2D eigenvalue weighted by Gasteiger charge is 2.48. The van der Waals surface area contributed by atoms with Crippen LogP contribution < -0.4 is 0 Å². The van der Waals surface area contributed by atoms with Crippen molar-refractivity contribution in [3.63, 3.8) is 0 Å². The molecule has 0 N–H and O–H groups in total. The van der Waals surface area contributed by atoms with E-state index < -0.39 is 8.53 Å². The van der Waals surface area contributed by atoms with Crippen LogP contribution in [-0.4, -0.2) is 69.6 Å². The molecule has 0 amide bonds. The Morgan fingerprint density at radius 3 is 1.88 bits per heavy atom. The maximum Gasteiger partial charge on any atom is 0.259 e. The summed E-state index contributed by atoms with van der Waals surface area (Å²) in [5.41, 5.74) is 0. The normalized spacial score (nSPS) is 22.9. The third-order valence-electron chi connectivity index (χ3n) is 5.99. The Morgan fingerprint density at radius 1 is 0.818 bits per heavy atom. The highest BCUT2D eigenvalue weighted by Crippen LogP contribution is 2.52. The quantitative estimate of drug-likeness (QED) is 0.158. The summed E-state index contributed by atoms with van der Waals surface area (Å²) in [6.45, 7) is 13.0. The van der Waals surface area contributed by atoms with Gasteiger partial charge in [0.25, 0.3) is 8.53 Å². The third-order valence-corrected chi connectivity index (χ3v) is 8.09. The molecular weight excluding hydrogens is 439 g/mol. The van der Waals surface area contributed by atoms with Crippen molar-refractivity contribution in [3.8, 4) is 17.9 Å². The van der Waals surface area contributed by atoms with E-state index in [1.54, 1.807) is 0 Å². The monoisotopic (exact) mass is 482 g/mol. The Labute approximate surface area is 202 Å². The maximum atomic E-state index is 8.77. The van der Waals surface area contributed by atoms with Crippen LogP contribution in [0.5, 0.6) is 0 Å². The molecule has 8 heteroatoms. The van der Waals surface area contributed by atoms with Crippen LogP contribution in [0.4, 0.5) is 0 Å². The molecule has 1 unspecified atom stereocenters. The number of rotatable bonds is 18. The van der Waals surface area contributed by atoms with Crippen molar-refractivity contribution in [2.75, 3.05) is 52.9 Å². The smallest absolute Gasteiger partial charge is 0.259 e. The van der Waals surface area contributed by atoms with Gasteiger partial charge < -0.3 is 23.3 Å². The van der Waals surface area contributed by atoms with Crippen molar-refractivity contribution in [3.05, 3.63) is 0 Å². The average Bonchev–Trinajstić information content (AvgIpc) is 3.40. The van der Waals surface area contributed by atoms with Gasteiger partial charge in [-0.3, -0.25) is 0 Å². The second-order valence-electron chi connectivity index (χ2n) is 9.10. The zero-order valence-corrected chi connectivity index (χ0v) is 21.9. The first kappa shape index (κ1) is 28.5. The summed E-state index contributed by atoms with van der Waals surface area (Å²) in [5, 5.41) is 8.77. The summed E-state index contributed by atoms with van der Waals surface area (Å²) in [7, 11) is -1.21. The molecule has 0 spiro atoms. The zero-order chi connectivity index (χ0) is 23.9. The van der Waals surface area contributed by atoms with E-state index in [0.29, 0.717) is 64.8 Å². The summed E-state index contributed by atoms with van der Waals surface area (Å²) >= 11 is 0. The van der Waals surface area contributed by atoms with Gasteiger partial charge in [0.1, 0.15) is 0 Å². The molecule has 0 bridgehead atoms. The predicted octanol–water partition coefficient (Wildman–Crippen LogP) is 4.77. The first-order chi connectivity index (χ1) is 16.1. The largest absolute Gasteiger partial charge is 0.379 e. The lowest BCUT2D eigenvalue weighted by molar-refractivity contribution is 0.00557. The molecule has 4 atom stereocenters. The fourth-order valence-electron chi connectivity index (χ4n) is 4.43. The Bertz CT molecular complexity index is 605. The minimum absolute atomic E-state index is 0.293. The zero-order valence-electron chi connectivity index (χ0n) is 21.0. The molecule has 33 heavy (non-hydrogen) atoms. The second-order valence-corrected chi connectivity index (χ2v) is 10.6. The Morgan fingerprint density at radius 2 is 1.33 bits per heavy atom. The molecule has 188 valence electrons. The van der Waals surface area contributed by atoms with Gasteiger partial charge in [0, 0.05) is 24.9 Å². The molecule has 0 aromatic rings. The molecule has 0 saturated heterocycles. The molecule has 1 fully saturated rings. The van der Waals surface area contributed by atoms with E-state index in [9.17, 15) is 0 Å². The van der Waals surface area contributed by atoms with Gasteiger partial charge in [-0.2, -0.15) is 5.26 Å². The van der Waals surface area contributed by atoms with E-state index in [1.807, 2.05) is 0 Å². The van der Waals surface area contributed by atoms with Crippen LogP contribution in [0.3, 0.4) is 0 Å². The van der Waals surface area contributed by atoms with Crippen LogP contribution >= 0.6 is 8.53 Å². The number of fused-ring (bicyclic) bond motifs is 1. The molecule has 0 aromatic carbocycles. The van der Waals surface area contributed by atoms with Gasteiger partial charge in [-0.25, -0.2) is 4.67 Å². The van der Waals surface area contributed by atoms with Crippen molar-refractivity contribution in [2.45, 2.75) is 71.9 Å². The lowest BCUT2D eigenvalue weighted by atomic mass is 10.1. The molecule has 0 heterocycles. The van der Waals surface area contributed by atoms with Gasteiger partial charge in [0.15, 0.2) is 0 Å². The highest BCUT2D eigenvalue weighted by atomic mass is 31.2. The lowest BCUT2D eigenvalue weighted by Crippen LogP contribution is -2.34. The van der Waals surface area contributed by atoms with Crippen LogP contribution in [0.2, 0.25) is 0 Å². The van der Waals surface area contributed by atoms with Crippen molar-refractivity contribution in [1.82, 2.24) is 4.67 Å². The van der Waals surface area contributed by atoms with Crippen molar-refractivity contribution in [2.24, 2.45) is 17.8 Å². The van der Waals surface area contributed by atoms with E-state index in [4.69, 9.17) is 28.5 Å². The third kappa shape index (κ3) is 11.0. The summed E-state index contributed by atoms with van der Waals surface area (Å²) in [5.74, 6) is 8.91. The summed E-state index contributed by atoms with van der Waals surface area (Å²) < 4.78 is 31.1. The molecule has 0 aromatic heterocycles. The molecule has 7 nitrogen and oxygen atoms in total. The number of hydrogen-bond donors (Lipinski definition) is 0. The molecule has 0 aliphatic heterocycles. The van der Waals surface area contributed by atoms with Gasteiger partial charge in [-0.15, -0.1) is 11.8 Å². The van der Waals surface area contributed by atoms with Crippen LogP contribution in [0.1, 0.15) is 59.8 Å². The highest BCUT2D eigenvalue weighted by molar-refractivity contribution is 7.44. The Hall–Kier alpha value is -0.760. The fraction of sp³-hybridized carbons (Fsp3) is 0.880. The maximum absolute atomic E-state index is 8.77. The van der Waals surface area contributed by atoms with Crippen LogP contribution in [0.25, 0.3) is 0 Å². The first-order valence-corrected chi connectivity index (χ1v) is 13.6. The number of ether oxygens (including phenoxy) is 3. The standard InChI is InChI=1S/C25H43N2O5P/c1-21(2)27(22(3)4)33(31-13-9-12-26)32-19-18-29-15-14-28-16-17-30-20-25-23-10-7-5-6-8-11-24(23)25/h21-25H,7-11,13-20H2,1-4H3/t23-,24+,25-,33?. The fourth-order valence-corrected chi connectivity index (χ4v) is 6.00. The van der Waals surface area contributed by atoms with Crippen molar-refractivity contribution >= 4 is 8.53 Å². The second kappa shape index (κ2) is 16.8. The van der Waals surface area contributed by atoms with Crippen LogP contribution in [0.15, 0.2) is 0 Å². The predicted molar refractivity (Wildman–Crippen MR) is 130 cm³/mol. The average molecular weight is 483 g/mol. The molecule has 0 radical (unpaired) electrons. The van der Waals surface area contributed by atoms with Crippen molar-refractivity contribution < 1.29 is 23.3 Å². The van der Waals surface area contributed by atoms with E-state index >= 15 is 0 Å². The van der Waals surface area contributed by atoms with Crippen LogP contribution in [-0.2, 0) is 23.3 Å². The van der Waals surface area contributed by atoms with Gasteiger partial charge in [0.2, 0.25) is 0 Å². The topological polar surface area (TPSA) is 73.2 Å². The minimum Gasteiger partial charge on any atom is -0.379 e. The molecule has 2 aliphatic carbocycles. The SMILES string of the molecule is CC(C)N(C(C)C)P(OCCC#N)OCCOCCOCCOC[C@@H]1[C@@H]2CCC#CCC[C@@H]21. The molecular formula is C25H43N2O5P. The number of hydrogen-bond acceptors (Lipinski definition) is 7. The number of nitrogens with zero attached hydrogens (tertiary/aromatic N) is 2. The van der Waals surface area contributed by atoms with E-state index in [0.717, 1.165) is 37.2 Å². The van der Waals surface area contributed by atoms with E-state index in [2.05, 4.69) is 50.3 Å². The first-order valence-electron chi connectivity index (χ1n) is 12.5. The van der Waals surface area contributed by atoms with Gasteiger partial charge >= 0.3 is 0 Å². The van der Waals surface area contributed by atoms with Gasteiger partial charge in [-0.05, 0) is 58.3 Å². The number of nitriles is 1. The minimum atomic E-state index is -1.21. The van der Waals surface area contributed by atoms with Crippen molar-refractivity contribution in [1.29, 1.82) is 5.26 Å². The van der Waals surface area contributed by atoms with Gasteiger partial charge in [-0.1, -0.05) is 0 Å². The van der Waals surface area contributed by atoms with Crippen LogP contribution in [0, 0.1) is 40.9 Å². The van der Waals surface area contributed by atoms with E-state index in [1.165, 1.54) is 12.8 Å². The van der Waals surface area contributed by atoms with E-state index in [-0.39, 0.29) is 0 Å². The molecule has 2 rings (SSSR count). The Balaban J connectivity index is 1.46. The molecule has 2 aliphatic rings. The lowest BCUT2D eigenvalue weighted by Gasteiger charge is -2.35. The summed E-state index contributed by atoms with van der Waals surface area (Å²) in [4.78, 5) is 0. The summed E-state index contributed by atoms with van der Waals surface area (Å²) in [6, 6.07) is 2.70. The summed E-state index contributed by atoms with van der Waals surface area (Å²) in [6.07, 6.45) is 4.94.